The summed E-state index contributed by atoms with van der Waals surface area (Å²) in [7, 11) is 0. The summed E-state index contributed by atoms with van der Waals surface area (Å²) in [5.41, 5.74) is 1.33. The Morgan fingerprint density at radius 1 is 1.14 bits per heavy atom. The Morgan fingerprint density at radius 2 is 1.77 bits per heavy atom. The van der Waals surface area contributed by atoms with Gasteiger partial charge in [0.05, 0.1) is 11.5 Å². The van der Waals surface area contributed by atoms with Crippen LogP contribution in [0.15, 0.2) is 59.6 Å². The van der Waals surface area contributed by atoms with Crippen molar-refractivity contribution in [2.75, 3.05) is 6.61 Å². The quantitative estimate of drug-likeness (QED) is 0.485. The van der Waals surface area contributed by atoms with Gasteiger partial charge in [-0.2, -0.15) is 0 Å². The van der Waals surface area contributed by atoms with Crippen LogP contribution in [0, 0.1) is 10.1 Å². The maximum atomic E-state index is 10.6. The number of aliphatic imine (C=N–C) groups is 1. The van der Waals surface area contributed by atoms with E-state index in [0.29, 0.717) is 11.1 Å². The molecule has 22 heavy (non-hydrogen) atoms. The van der Waals surface area contributed by atoms with Crippen molar-refractivity contribution in [3.05, 3.63) is 75.8 Å². The average Bonchev–Trinajstić information content (AvgIpc) is 2.56. The molecular formula is C16H16N2O4. The molecule has 0 aliphatic carbocycles. The first-order valence-corrected chi connectivity index (χ1v) is 6.73. The minimum absolute atomic E-state index is 0.000165. The van der Waals surface area contributed by atoms with Crippen molar-refractivity contribution in [1.29, 1.82) is 0 Å². The molecule has 0 spiro atoms. The molecule has 6 nitrogen and oxygen atoms in total. The highest BCUT2D eigenvalue weighted by atomic mass is 16.6. The Bertz CT molecular complexity index is 641. The van der Waals surface area contributed by atoms with E-state index in [2.05, 4.69) is 4.99 Å². The highest BCUT2D eigenvalue weighted by Gasteiger charge is 2.18. The number of nitro groups is 1. The fraction of sp³-hybridized carbons (Fsp3) is 0.188. The molecule has 2 N–H and O–H groups in total. The van der Waals surface area contributed by atoms with Crippen LogP contribution in [0.5, 0.6) is 0 Å². The van der Waals surface area contributed by atoms with E-state index < -0.39 is 17.1 Å². The lowest BCUT2D eigenvalue weighted by atomic mass is 10.0. The first kappa shape index (κ1) is 15.8. The highest BCUT2D eigenvalue weighted by Crippen LogP contribution is 2.19. The van der Waals surface area contributed by atoms with E-state index in [1.54, 1.807) is 36.4 Å². The molecule has 2 aromatic carbocycles. The molecule has 0 saturated carbocycles. The van der Waals surface area contributed by atoms with Crippen LogP contribution in [0.2, 0.25) is 0 Å². The van der Waals surface area contributed by atoms with Crippen molar-refractivity contribution in [1.82, 2.24) is 0 Å². The molecule has 0 saturated heterocycles. The lowest BCUT2D eigenvalue weighted by Crippen LogP contribution is -2.20. The molecule has 0 radical (unpaired) electrons. The second-order valence-electron chi connectivity index (χ2n) is 4.73. The van der Waals surface area contributed by atoms with Crippen LogP contribution < -0.4 is 0 Å². The fourth-order valence-corrected chi connectivity index (χ4v) is 1.96. The maximum Gasteiger partial charge on any atom is 0.269 e. The predicted octanol–water partition coefficient (Wildman–Crippen LogP) is 2.11. The van der Waals surface area contributed by atoms with Crippen molar-refractivity contribution in [3.63, 3.8) is 0 Å². The van der Waals surface area contributed by atoms with Crippen LogP contribution >= 0.6 is 0 Å². The van der Waals surface area contributed by atoms with Crippen molar-refractivity contribution in [2.45, 2.75) is 12.1 Å². The molecule has 2 aromatic rings. The Morgan fingerprint density at radius 3 is 2.32 bits per heavy atom. The summed E-state index contributed by atoms with van der Waals surface area (Å²) in [5, 5.41) is 30.2. The number of rotatable bonds is 6. The predicted molar refractivity (Wildman–Crippen MR) is 83.0 cm³/mol. The molecule has 6 heteroatoms. The summed E-state index contributed by atoms with van der Waals surface area (Å²) in [6.07, 6.45) is 0.567. The first-order valence-electron chi connectivity index (χ1n) is 6.73. The smallest absolute Gasteiger partial charge is 0.269 e. The zero-order valence-corrected chi connectivity index (χ0v) is 11.7. The van der Waals surface area contributed by atoms with Crippen LogP contribution in [0.4, 0.5) is 5.69 Å². The van der Waals surface area contributed by atoms with Gasteiger partial charge in [-0.1, -0.05) is 30.3 Å². The molecule has 2 unspecified atom stereocenters. The zero-order chi connectivity index (χ0) is 15.9. The number of nitro benzene ring substituents is 1. The van der Waals surface area contributed by atoms with Gasteiger partial charge in [0.2, 0.25) is 0 Å². The number of hydrogen-bond acceptors (Lipinski definition) is 5. The lowest BCUT2D eigenvalue weighted by molar-refractivity contribution is -0.384. The van der Waals surface area contributed by atoms with E-state index in [1.807, 2.05) is 6.07 Å². The third kappa shape index (κ3) is 3.97. The van der Waals surface area contributed by atoms with Gasteiger partial charge in [0, 0.05) is 18.3 Å². The lowest BCUT2D eigenvalue weighted by Gasteiger charge is -2.17. The van der Waals surface area contributed by atoms with Crippen LogP contribution in [-0.4, -0.2) is 34.0 Å². The van der Waals surface area contributed by atoms with Gasteiger partial charge < -0.3 is 10.2 Å². The topological polar surface area (TPSA) is 96.0 Å². The monoisotopic (exact) mass is 300 g/mol. The molecule has 0 aliphatic heterocycles. The number of aliphatic hydroxyl groups excluding tert-OH is 2. The Hall–Kier alpha value is -2.57. The molecule has 0 fully saturated rings. The van der Waals surface area contributed by atoms with Gasteiger partial charge in [0.25, 0.3) is 5.69 Å². The molecule has 0 aliphatic rings. The number of aliphatic hydroxyl groups is 2. The van der Waals surface area contributed by atoms with E-state index in [0.717, 1.165) is 0 Å². The largest absolute Gasteiger partial charge is 0.394 e. The van der Waals surface area contributed by atoms with E-state index in [4.69, 9.17) is 0 Å². The third-order valence-electron chi connectivity index (χ3n) is 3.21. The van der Waals surface area contributed by atoms with E-state index >= 15 is 0 Å². The summed E-state index contributed by atoms with van der Waals surface area (Å²) < 4.78 is 0. The van der Waals surface area contributed by atoms with Crippen molar-refractivity contribution in [2.24, 2.45) is 4.99 Å². The van der Waals surface area contributed by atoms with Crippen LogP contribution in [0.1, 0.15) is 17.2 Å². The van der Waals surface area contributed by atoms with Crippen molar-refractivity contribution in [3.8, 4) is 0 Å². The number of non-ortho nitro benzene ring substituents is 1. The first-order chi connectivity index (χ1) is 10.6. The molecule has 114 valence electrons. The number of nitrogens with zero attached hydrogens (tertiary/aromatic N) is 2. The normalized spacial score (nSPS) is 13.9. The van der Waals surface area contributed by atoms with E-state index in [-0.39, 0.29) is 12.3 Å². The molecule has 0 heterocycles. The number of benzene rings is 2. The van der Waals surface area contributed by atoms with Crippen LogP contribution in [-0.2, 0) is 0 Å². The summed E-state index contributed by atoms with van der Waals surface area (Å²) in [4.78, 5) is 14.3. The summed E-state index contributed by atoms with van der Waals surface area (Å²) >= 11 is 0. The van der Waals surface area contributed by atoms with Gasteiger partial charge in [-0.25, -0.2) is 0 Å². The molecule has 0 aromatic heterocycles. The second-order valence-corrected chi connectivity index (χ2v) is 4.73. The van der Waals surface area contributed by atoms with Gasteiger partial charge in [-0.15, -0.1) is 0 Å². The maximum absolute atomic E-state index is 10.6. The van der Waals surface area contributed by atoms with Gasteiger partial charge in [0.1, 0.15) is 12.1 Å². The highest BCUT2D eigenvalue weighted by molar-refractivity contribution is 5.80. The van der Waals surface area contributed by atoms with Gasteiger partial charge in [-0.05, 0) is 23.3 Å². The van der Waals surface area contributed by atoms with Gasteiger partial charge >= 0.3 is 0 Å². The molecular weight excluding hydrogens is 284 g/mol. The SMILES string of the molecule is O=[N+]([O-])c1ccc(C=NC(CO)C(O)c2ccccc2)cc1. The standard InChI is InChI=1S/C16H16N2O4/c19-11-15(16(20)13-4-2-1-3-5-13)17-10-12-6-8-14(9-7-12)18(21)22/h1-10,15-16,19-20H,11H2. The van der Waals surface area contributed by atoms with Gasteiger partial charge in [0.15, 0.2) is 0 Å². The molecule has 0 bridgehead atoms. The number of hydrogen-bond donors (Lipinski definition) is 2. The van der Waals surface area contributed by atoms with Crippen molar-refractivity contribution < 1.29 is 15.1 Å². The third-order valence-corrected chi connectivity index (χ3v) is 3.21. The minimum atomic E-state index is -0.916. The van der Waals surface area contributed by atoms with Crippen LogP contribution in [0.25, 0.3) is 0 Å². The fourth-order valence-electron chi connectivity index (χ4n) is 1.96. The Labute approximate surface area is 127 Å². The summed E-state index contributed by atoms with van der Waals surface area (Å²) in [5.74, 6) is 0. The summed E-state index contributed by atoms with van der Waals surface area (Å²) in [6.45, 7) is -0.306. The van der Waals surface area contributed by atoms with Crippen LogP contribution in [0.3, 0.4) is 0 Å². The average molecular weight is 300 g/mol. The Balaban J connectivity index is 2.10. The van der Waals surface area contributed by atoms with Gasteiger partial charge in [-0.3, -0.25) is 15.1 Å². The molecule has 2 rings (SSSR count). The minimum Gasteiger partial charge on any atom is -0.394 e. The zero-order valence-electron chi connectivity index (χ0n) is 11.7. The molecule has 2 atom stereocenters. The second kappa shape index (κ2) is 7.44. The Kier molecular flexibility index (Phi) is 5.35. The van der Waals surface area contributed by atoms with E-state index in [9.17, 15) is 20.3 Å². The summed E-state index contributed by atoms with van der Waals surface area (Å²) in [6, 6.07) is 14.1. The van der Waals surface area contributed by atoms with E-state index in [1.165, 1.54) is 18.3 Å². The van der Waals surface area contributed by atoms with Crippen molar-refractivity contribution >= 4 is 11.9 Å². The molecule has 0 amide bonds.